The van der Waals surface area contributed by atoms with Crippen LogP contribution in [0.15, 0.2) is 48.6 Å². The Hall–Kier alpha value is 4.00. The molecule has 28 heavy (non-hydrogen) atoms. The summed E-state index contributed by atoms with van der Waals surface area (Å²) in [5.41, 5.74) is 0. The van der Waals surface area contributed by atoms with E-state index < -0.39 is 0 Å². The second-order valence-corrected chi connectivity index (χ2v) is 33.5. The van der Waals surface area contributed by atoms with E-state index in [1.54, 1.807) is 15.2 Å². The van der Waals surface area contributed by atoms with Gasteiger partial charge in [0.05, 0.1) is 0 Å². The summed E-state index contributed by atoms with van der Waals surface area (Å²) in [7, 11) is 0. The van der Waals surface area contributed by atoms with Gasteiger partial charge in [-0.15, -0.1) is 0 Å². The summed E-state index contributed by atoms with van der Waals surface area (Å²) < 4.78 is 14.7. The average Bonchev–Trinajstić information content (AvgIpc) is 3.48. The molecule has 0 aromatic carbocycles. The molecule has 0 spiro atoms. The summed E-state index contributed by atoms with van der Waals surface area (Å²) in [6, 6.07) is 0. The van der Waals surface area contributed by atoms with Crippen LogP contribution in [0.2, 0.25) is 0 Å². The Morgan fingerprint density at radius 1 is 0.429 bits per heavy atom. The molecule has 0 unspecified atom stereocenters. The SMILES string of the molecule is C1=C2SCCSC3=C[Se]/C(=C4\[Se]C=C(SCCSC5=C[Se]C(=C([Se]1)[Se]2)[Se]5)[Se]4)[Se]3. The van der Waals surface area contributed by atoms with Crippen molar-refractivity contribution in [3.63, 3.8) is 0 Å². The minimum atomic E-state index is 0.686. The average molecular weight is 964 g/mol. The fourth-order valence-corrected chi connectivity index (χ4v) is 41.0. The first-order valence-corrected chi connectivity index (χ1v) is 26.2. The van der Waals surface area contributed by atoms with E-state index in [0.717, 1.165) is 0 Å². The maximum absolute atomic E-state index is 2.63. The number of hydrogen-bond acceptors (Lipinski definition) is 4. The molecule has 0 radical (unpaired) electrons. The van der Waals surface area contributed by atoms with Crippen LogP contribution in [-0.2, 0) is 0 Å². The topological polar surface area (TPSA) is 0 Å². The molecule has 0 aliphatic carbocycles. The molecule has 0 saturated heterocycles. The van der Waals surface area contributed by atoms with E-state index in [-0.39, 0.29) is 0 Å². The molecule has 0 atom stereocenters. The molecule has 12 heteroatoms. The van der Waals surface area contributed by atoms with Gasteiger partial charge in [-0.05, 0) is 0 Å². The fourth-order valence-electron chi connectivity index (χ4n) is 2.15. The third kappa shape index (κ3) is 6.56. The third-order valence-electron chi connectivity index (χ3n) is 3.30. The molecule has 0 N–H and O–H groups in total. The van der Waals surface area contributed by atoms with Gasteiger partial charge in [0.1, 0.15) is 0 Å². The fraction of sp³-hybridized carbons (Fsp3) is 0.250. The van der Waals surface area contributed by atoms with Crippen molar-refractivity contribution in [1.29, 1.82) is 0 Å². The van der Waals surface area contributed by atoms with Crippen molar-refractivity contribution in [2.45, 2.75) is 0 Å². The van der Waals surface area contributed by atoms with E-state index in [4.69, 9.17) is 0 Å². The van der Waals surface area contributed by atoms with E-state index in [9.17, 15) is 0 Å². The molecule has 0 fully saturated rings. The van der Waals surface area contributed by atoms with Gasteiger partial charge < -0.3 is 0 Å². The van der Waals surface area contributed by atoms with E-state index in [2.05, 4.69) is 66.9 Å². The van der Waals surface area contributed by atoms with Crippen LogP contribution in [0.25, 0.3) is 0 Å². The summed E-state index contributed by atoms with van der Waals surface area (Å²) in [4.78, 5) is 10.5. The van der Waals surface area contributed by atoms with Crippen LogP contribution in [0, 0.1) is 0 Å². The van der Waals surface area contributed by atoms with E-state index in [0.29, 0.717) is 120 Å². The zero-order valence-corrected chi connectivity index (χ0v) is 31.0. The van der Waals surface area contributed by atoms with Crippen molar-refractivity contribution in [2.24, 2.45) is 0 Å². The van der Waals surface area contributed by atoms with E-state index >= 15 is 0 Å². The first-order chi connectivity index (χ1) is 13.8. The van der Waals surface area contributed by atoms with Crippen LogP contribution in [0.1, 0.15) is 0 Å². The summed E-state index contributed by atoms with van der Waals surface area (Å²) >= 11 is 14.2. The quantitative estimate of drug-likeness (QED) is 0.342. The second kappa shape index (κ2) is 12.1. The van der Waals surface area contributed by atoms with Crippen LogP contribution >= 0.6 is 47.0 Å². The van der Waals surface area contributed by atoms with Gasteiger partial charge in [0, 0.05) is 0 Å². The second-order valence-electron chi connectivity index (χ2n) is 5.17. The molecule has 8 bridgehead atoms. The molecular formula is C16H12S4Se8. The first-order valence-electron chi connectivity index (χ1n) is 8.02. The van der Waals surface area contributed by atoms with Crippen molar-refractivity contribution in [3.8, 4) is 0 Å². The van der Waals surface area contributed by atoms with Crippen LogP contribution in [0.4, 0.5) is 0 Å². The third-order valence-corrected chi connectivity index (χ3v) is 41.6. The molecule has 5 rings (SSSR count). The Morgan fingerprint density at radius 3 is 0.929 bits per heavy atom. The molecule has 5 heterocycles. The minimum absolute atomic E-state index is 0.686. The first kappa shape index (κ1) is 23.7. The van der Waals surface area contributed by atoms with Crippen molar-refractivity contribution in [2.75, 3.05) is 23.0 Å². The van der Waals surface area contributed by atoms with Crippen molar-refractivity contribution >= 4 is 167 Å². The molecule has 0 aromatic rings. The molecule has 0 aromatic heterocycles. The Balaban J connectivity index is 1.25. The normalized spacial score (nSPS) is 28.9. The van der Waals surface area contributed by atoms with Crippen molar-refractivity contribution in [3.05, 3.63) is 48.6 Å². The number of hydrogen-bond donors (Lipinski definition) is 0. The summed E-state index contributed by atoms with van der Waals surface area (Å²) in [5.74, 6) is 5.26. The Kier molecular flexibility index (Phi) is 10.3. The summed E-state index contributed by atoms with van der Waals surface area (Å²) in [6.45, 7) is 0. The molecule has 0 amide bonds. The zero-order valence-electron chi connectivity index (χ0n) is 14.0. The number of rotatable bonds is 0. The van der Waals surface area contributed by atoms with E-state index in [1.807, 2.05) is 13.5 Å². The maximum atomic E-state index is 2.63. The van der Waals surface area contributed by atoms with Crippen molar-refractivity contribution in [1.82, 2.24) is 0 Å². The van der Waals surface area contributed by atoms with Gasteiger partial charge in [-0.3, -0.25) is 0 Å². The van der Waals surface area contributed by atoms with Crippen LogP contribution in [0.3, 0.4) is 0 Å². The summed E-state index contributed by atoms with van der Waals surface area (Å²) in [5, 5.41) is 0. The molecule has 148 valence electrons. The Morgan fingerprint density at radius 2 is 0.679 bits per heavy atom. The molecule has 0 saturated carbocycles. The van der Waals surface area contributed by atoms with Crippen LogP contribution in [0.5, 0.6) is 0 Å². The van der Waals surface area contributed by atoms with Gasteiger partial charge in [-0.2, -0.15) is 0 Å². The monoisotopic (exact) mass is 971 g/mol. The number of thioether (sulfide) groups is 4. The molecular weight excluding hydrogens is 952 g/mol. The standard InChI is InChI=1S/C16H12S4Se8/c1-2-18-10-6-22-15(26-10)16-24-8-12(28-16)20-4-3-19-11-7-23-14(27-11)13-21-5-9(17-1)25-13/h5-8H,1-4H2/b14-13-,16-15?. The zero-order chi connectivity index (χ0) is 18.8. The van der Waals surface area contributed by atoms with Gasteiger partial charge in [-0.1, -0.05) is 0 Å². The van der Waals surface area contributed by atoms with Crippen LogP contribution in [-0.4, -0.2) is 143 Å². The van der Waals surface area contributed by atoms with E-state index in [1.165, 1.54) is 23.0 Å². The Labute approximate surface area is 234 Å². The molecule has 5 aliphatic rings. The van der Waals surface area contributed by atoms with Gasteiger partial charge in [0.25, 0.3) is 0 Å². The van der Waals surface area contributed by atoms with Crippen molar-refractivity contribution < 1.29 is 0 Å². The van der Waals surface area contributed by atoms with Gasteiger partial charge in [-0.25, -0.2) is 0 Å². The predicted molar refractivity (Wildman–Crippen MR) is 142 cm³/mol. The summed E-state index contributed by atoms with van der Waals surface area (Å²) in [6.07, 6.45) is 0. The molecule has 0 nitrogen and oxygen atoms in total. The van der Waals surface area contributed by atoms with Gasteiger partial charge in [0.15, 0.2) is 0 Å². The van der Waals surface area contributed by atoms with Crippen LogP contribution < -0.4 is 0 Å². The Bertz CT molecular complexity index is 719. The number of fused-ring (bicyclic) bond motifs is 8. The van der Waals surface area contributed by atoms with Gasteiger partial charge >= 0.3 is 238 Å². The molecule has 5 aliphatic heterocycles. The predicted octanol–water partition coefficient (Wildman–Crippen LogP) is 2.07. The van der Waals surface area contributed by atoms with Gasteiger partial charge in [0.2, 0.25) is 0 Å².